The second kappa shape index (κ2) is 5.40. The van der Waals surface area contributed by atoms with Crippen molar-refractivity contribution in [1.29, 1.82) is 0 Å². The standard InChI is InChI=1S/C10H10.C4H8O/c1-2-8-3-4-9-5-6-10(9)7-8;1-4(2)5-3/h2-4,7H,1,5-6H2;1H2,2-3H3. The van der Waals surface area contributed by atoms with Crippen LogP contribution in [0.25, 0.3) is 6.08 Å². The normalized spacial score (nSPS) is 11.3. The first kappa shape index (κ1) is 11.6. The molecule has 0 bridgehead atoms. The van der Waals surface area contributed by atoms with Crippen LogP contribution in [0.3, 0.4) is 0 Å². The molecule has 1 aromatic rings. The number of rotatable bonds is 2. The highest BCUT2D eigenvalue weighted by atomic mass is 16.5. The van der Waals surface area contributed by atoms with Crippen LogP contribution in [0.5, 0.6) is 0 Å². The molecule has 0 saturated carbocycles. The minimum atomic E-state index is 0.755. The SMILES string of the molecule is C=C(C)OC.C=Cc1ccc2c(c1)CC2. The Morgan fingerprint density at radius 3 is 2.27 bits per heavy atom. The van der Waals surface area contributed by atoms with Crippen LogP contribution in [0.4, 0.5) is 0 Å². The highest BCUT2D eigenvalue weighted by molar-refractivity contribution is 5.51. The zero-order valence-electron chi connectivity index (χ0n) is 9.55. The van der Waals surface area contributed by atoms with Crippen LogP contribution in [0.1, 0.15) is 23.6 Å². The van der Waals surface area contributed by atoms with Gasteiger partial charge in [-0.15, -0.1) is 0 Å². The van der Waals surface area contributed by atoms with Crippen LogP contribution in [-0.4, -0.2) is 7.11 Å². The van der Waals surface area contributed by atoms with Crippen LogP contribution in [0, 0.1) is 0 Å². The molecule has 0 N–H and O–H groups in total. The summed E-state index contributed by atoms with van der Waals surface area (Å²) in [6.45, 7) is 8.98. The van der Waals surface area contributed by atoms with Gasteiger partial charge in [0.1, 0.15) is 0 Å². The lowest BCUT2D eigenvalue weighted by atomic mass is 9.87. The smallest absolute Gasteiger partial charge is 0.0853 e. The first-order valence-electron chi connectivity index (χ1n) is 5.11. The summed E-state index contributed by atoms with van der Waals surface area (Å²) in [5, 5.41) is 0. The van der Waals surface area contributed by atoms with E-state index in [1.807, 2.05) is 6.08 Å². The van der Waals surface area contributed by atoms with Gasteiger partial charge < -0.3 is 4.74 Å². The third-order valence-electron chi connectivity index (χ3n) is 2.48. The van der Waals surface area contributed by atoms with Crippen molar-refractivity contribution in [2.24, 2.45) is 0 Å². The van der Waals surface area contributed by atoms with Crippen LogP contribution < -0.4 is 0 Å². The molecular weight excluding hydrogens is 184 g/mol. The highest BCUT2D eigenvalue weighted by Crippen LogP contribution is 2.23. The van der Waals surface area contributed by atoms with Crippen LogP contribution in [0.15, 0.2) is 37.1 Å². The minimum Gasteiger partial charge on any atom is -0.502 e. The highest BCUT2D eigenvalue weighted by Gasteiger charge is 2.11. The van der Waals surface area contributed by atoms with Gasteiger partial charge in [-0.2, -0.15) is 0 Å². The van der Waals surface area contributed by atoms with Gasteiger partial charge in [-0.1, -0.05) is 37.4 Å². The van der Waals surface area contributed by atoms with E-state index in [1.165, 1.54) is 29.5 Å². The average molecular weight is 202 g/mol. The van der Waals surface area contributed by atoms with Gasteiger partial charge in [0, 0.05) is 0 Å². The topological polar surface area (TPSA) is 9.23 Å². The molecule has 1 heteroatoms. The van der Waals surface area contributed by atoms with Crippen molar-refractivity contribution in [2.45, 2.75) is 19.8 Å². The number of methoxy groups -OCH3 is 1. The lowest BCUT2D eigenvalue weighted by Gasteiger charge is -2.18. The number of benzene rings is 1. The largest absolute Gasteiger partial charge is 0.502 e. The molecule has 2 rings (SSSR count). The summed E-state index contributed by atoms with van der Waals surface area (Å²) >= 11 is 0. The summed E-state index contributed by atoms with van der Waals surface area (Å²) in [5.41, 5.74) is 4.28. The Balaban J connectivity index is 0.000000195. The van der Waals surface area contributed by atoms with Crippen LogP contribution in [0.2, 0.25) is 0 Å². The summed E-state index contributed by atoms with van der Waals surface area (Å²) in [6.07, 6.45) is 4.43. The van der Waals surface area contributed by atoms with E-state index in [1.54, 1.807) is 14.0 Å². The Kier molecular flexibility index (Phi) is 4.17. The number of hydrogen-bond acceptors (Lipinski definition) is 1. The predicted octanol–water partition coefficient (Wildman–Crippen LogP) is 3.59. The van der Waals surface area contributed by atoms with Crippen LogP contribution >= 0.6 is 0 Å². The Morgan fingerprint density at radius 1 is 1.33 bits per heavy atom. The van der Waals surface area contributed by atoms with E-state index >= 15 is 0 Å². The van der Waals surface area contributed by atoms with Gasteiger partial charge >= 0.3 is 0 Å². The molecule has 1 aromatic carbocycles. The van der Waals surface area contributed by atoms with Gasteiger partial charge in [-0.3, -0.25) is 0 Å². The van der Waals surface area contributed by atoms with Crippen molar-refractivity contribution in [1.82, 2.24) is 0 Å². The first-order valence-corrected chi connectivity index (χ1v) is 5.11. The van der Waals surface area contributed by atoms with Gasteiger partial charge in [0.05, 0.1) is 12.9 Å². The van der Waals surface area contributed by atoms with E-state index in [-0.39, 0.29) is 0 Å². The van der Waals surface area contributed by atoms with E-state index in [4.69, 9.17) is 0 Å². The maximum absolute atomic E-state index is 4.56. The average Bonchev–Trinajstić information content (AvgIpc) is 2.21. The molecule has 0 unspecified atom stereocenters. The monoisotopic (exact) mass is 202 g/mol. The molecule has 1 aliphatic rings. The van der Waals surface area contributed by atoms with Gasteiger partial charge in [-0.25, -0.2) is 0 Å². The second-order valence-electron chi connectivity index (χ2n) is 3.64. The number of fused-ring (bicyclic) bond motifs is 1. The maximum atomic E-state index is 4.56. The Hall–Kier alpha value is -1.50. The third kappa shape index (κ3) is 3.28. The molecule has 0 spiro atoms. The molecule has 1 aliphatic carbocycles. The fraction of sp³-hybridized carbons (Fsp3) is 0.286. The summed E-state index contributed by atoms with van der Waals surface area (Å²) in [4.78, 5) is 0. The molecule has 0 atom stereocenters. The molecule has 0 fully saturated rings. The lowest BCUT2D eigenvalue weighted by molar-refractivity contribution is 0.295. The Bertz CT molecular complexity index is 364. The molecule has 15 heavy (non-hydrogen) atoms. The molecule has 0 aliphatic heterocycles. The Labute approximate surface area is 92.1 Å². The zero-order chi connectivity index (χ0) is 11.3. The molecule has 0 radical (unpaired) electrons. The van der Waals surface area contributed by atoms with Gasteiger partial charge in [0.25, 0.3) is 0 Å². The molecule has 0 aromatic heterocycles. The number of aryl methyl sites for hydroxylation is 2. The number of hydrogen-bond donors (Lipinski definition) is 0. The predicted molar refractivity (Wildman–Crippen MR) is 65.8 cm³/mol. The second-order valence-corrected chi connectivity index (χ2v) is 3.64. The molecule has 1 nitrogen and oxygen atoms in total. The third-order valence-corrected chi connectivity index (χ3v) is 2.48. The molecular formula is C14H18O. The molecule has 80 valence electrons. The summed E-state index contributed by atoms with van der Waals surface area (Å²) in [6, 6.07) is 6.56. The van der Waals surface area contributed by atoms with Crippen molar-refractivity contribution < 1.29 is 4.74 Å². The summed E-state index contributed by atoms with van der Waals surface area (Å²) in [7, 11) is 1.60. The van der Waals surface area contributed by atoms with E-state index in [2.05, 4.69) is 36.1 Å². The first-order chi connectivity index (χ1) is 7.17. The lowest BCUT2D eigenvalue weighted by Crippen LogP contribution is -2.07. The Morgan fingerprint density at radius 2 is 1.93 bits per heavy atom. The van der Waals surface area contributed by atoms with Crippen molar-refractivity contribution in [2.75, 3.05) is 7.11 Å². The molecule has 0 saturated heterocycles. The zero-order valence-corrected chi connectivity index (χ0v) is 9.55. The number of ether oxygens (including phenoxy) is 1. The van der Waals surface area contributed by atoms with Crippen molar-refractivity contribution in [3.05, 3.63) is 53.8 Å². The van der Waals surface area contributed by atoms with Crippen molar-refractivity contribution in [3.63, 3.8) is 0 Å². The van der Waals surface area contributed by atoms with Gasteiger partial charge in [0.15, 0.2) is 0 Å². The fourth-order valence-corrected chi connectivity index (χ4v) is 1.34. The van der Waals surface area contributed by atoms with Gasteiger partial charge in [0.2, 0.25) is 0 Å². The van der Waals surface area contributed by atoms with E-state index < -0.39 is 0 Å². The quantitative estimate of drug-likeness (QED) is 0.666. The van der Waals surface area contributed by atoms with Crippen molar-refractivity contribution in [3.8, 4) is 0 Å². The van der Waals surface area contributed by atoms with Crippen LogP contribution in [-0.2, 0) is 17.6 Å². The summed E-state index contributed by atoms with van der Waals surface area (Å²) < 4.78 is 4.56. The van der Waals surface area contributed by atoms with E-state index in [0.717, 1.165) is 5.76 Å². The summed E-state index contributed by atoms with van der Waals surface area (Å²) in [5.74, 6) is 0.755. The minimum absolute atomic E-state index is 0.755. The number of allylic oxidation sites excluding steroid dienone is 1. The van der Waals surface area contributed by atoms with E-state index in [0.29, 0.717) is 0 Å². The van der Waals surface area contributed by atoms with Crippen molar-refractivity contribution >= 4 is 6.08 Å². The molecule has 0 amide bonds. The molecule has 0 heterocycles. The van der Waals surface area contributed by atoms with E-state index in [9.17, 15) is 0 Å². The van der Waals surface area contributed by atoms with Gasteiger partial charge in [-0.05, 0) is 36.5 Å². The maximum Gasteiger partial charge on any atom is 0.0853 e. The fourth-order valence-electron chi connectivity index (χ4n) is 1.34.